The van der Waals surface area contributed by atoms with Gasteiger partial charge in [-0.3, -0.25) is 0 Å². The van der Waals surface area contributed by atoms with Crippen LogP contribution in [0.5, 0.6) is 0 Å². The molecule has 0 atom stereocenters. The van der Waals surface area contributed by atoms with Crippen molar-refractivity contribution >= 4 is 40.1 Å². The van der Waals surface area contributed by atoms with Gasteiger partial charge in [0.1, 0.15) is 0 Å². The molecule has 0 spiro atoms. The highest BCUT2D eigenvalue weighted by molar-refractivity contribution is 7.14. The summed E-state index contributed by atoms with van der Waals surface area (Å²) in [6.45, 7) is 5.47. The third-order valence-corrected chi connectivity index (χ3v) is 5.83. The van der Waals surface area contributed by atoms with Crippen molar-refractivity contribution < 1.29 is 28.6 Å². The Kier molecular flexibility index (Phi) is 7.49. The normalized spacial score (nSPS) is 14.0. The number of carbonyl (C=O) groups excluding carboxylic acids is 3. The fourth-order valence-electron chi connectivity index (χ4n) is 3.67. The molecule has 1 aliphatic heterocycles. The Morgan fingerprint density at radius 2 is 1.64 bits per heavy atom. The van der Waals surface area contributed by atoms with Crippen LogP contribution < -0.4 is 10.6 Å². The first-order chi connectivity index (χ1) is 15.8. The second-order valence-corrected chi connectivity index (χ2v) is 7.95. The van der Waals surface area contributed by atoms with E-state index in [2.05, 4.69) is 15.6 Å². The van der Waals surface area contributed by atoms with Crippen molar-refractivity contribution in [3.63, 3.8) is 0 Å². The first kappa shape index (κ1) is 24.0. The lowest BCUT2D eigenvalue weighted by Crippen LogP contribution is -2.32. The largest absolute Gasteiger partial charge is 0.466 e. The molecule has 0 saturated heterocycles. The van der Waals surface area contributed by atoms with Gasteiger partial charge in [0, 0.05) is 22.5 Å². The minimum atomic E-state index is -0.751. The number of allylic oxidation sites excluding steroid dienone is 2. The second-order valence-electron chi connectivity index (χ2n) is 7.09. The van der Waals surface area contributed by atoms with Crippen LogP contribution in [0.15, 0.2) is 52.2 Å². The zero-order chi connectivity index (χ0) is 24.1. The lowest BCUT2D eigenvalue weighted by Gasteiger charge is -2.31. The van der Waals surface area contributed by atoms with Crippen molar-refractivity contribution in [2.24, 2.45) is 0 Å². The molecule has 10 heteroatoms. The van der Waals surface area contributed by atoms with E-state index in [1.54, 1.807) is 32.2 Å². The molecular weight excluding hydrogens is 446 g/mol. The molecule has 2 N–H and O–H groups in total. The number of nitrogens with one attached hydrogen (secondary N) is 2. The molecule has 0 saturated carbocycles. The highest BCUT2D eigenvalue weighted by Crippen LogP contribution is 2.42. The average molecular weight is 472 g/mol. The van der Waals surface area contributed by atoms with Gasteiger partial charge in [0.25, 0.3) is 0 Å². The van der Waals surface area contributed by atoms with Gasteiger partial charge in [-0.15, -0.1) is 11.3 Å². The molecule has 2 aromatic rings. The first-order valence-corrected chi connectivity index (χ1v) is 11.0. The maximum atomic E-state index is 12.8. The third-order valence-electron chi connectivity index (χ3n) is 5.07. The Labute approximate surface area is 195 Å². The molecule has 0 fully saturated rings. The Morgan fingerprint density at radius 3 is 2.21 bits per heavy atom. The van der Waals surface area contributed by atoms with Gasteiger partial charge in [-0.1, -0.05) is 18.2 Å². The fraction of sp³-hybridized carbons (Fsp3) is 0.304. The summed E-state index contributed by atoms with van der Waals surface area (Å²) in [6.07, 6.45) is 0. The highest BCUT2D eigenvalue weighted by Gasteiger charge is 2.38. The Hall–Kier alpha value is -3.66. The van der Waals surface area contributed by atoms with Gasteiger partial charge >= 0.3 is 17.9 Å². The van der Waals surface area contributed by atoms with Crippen LogP contribution in [0.3, 0.4) is 0 Å². The van der Waals surface area contributed by atoms with Crippen LogP contribution in [0.1, 0.15) is 42.7 Å². The number of ether oxygens (including phenoxy) is 3. The minimum Gasteiger partial charge on any atom is -0.466 e. The number of para-hydroxylation sites is 1. The maximum absolute atomic E-state index is 12.8. The van der Waals surface area contributed by atoms with Crippen molar-refractivity contribution in [2.45, 2.75) is 26.7 Å². The Bertz CT molecular complexity index is 1110. The topological polar surface area (TPSA) is 116 Å². The van der Waals surface area contributed by atoms with Crippen LogP contribution in [-0.2, 0) is 23.8 Å². The van der Waals surface area contributed by atoms with E-state index in [9.17, 15) is 14.4 Å². The summed E-state index contributed by atoms with van der Waals surface area (Å²) in [6, 6.07) is 7.24. The zero-order valence-corrected chi connectivity index (χ0v) is 19.8. The Balaban J connectivity index is 2.10. The van der Waals surface area contributed by atoms with Crippen LogP contribution in [0, 0.1) is 0 Å². The number of methoxy groups -OCH3 is 2. The number of dihydropyridines is 1. The van der Waals surface area contributed by atoms with E-state index in [0.29, 0.717) is 38.9 Å². The number of rotatable bonds is 7. The summed E-state index contributed by atoms with van der Waals surface area (Å²) in [7, 11) is 2.58. The molecule has 0 unspecified atom stereocenters. The molecule has 0 amide bonds. The van der Waals surface area contributed by atoms with Gasteiger partial charge in [-0.25, -0.2) is 19.4 Å². The number of hydrogen-bond acceptors (Lipinski definition) is 10. The van der Waals surface area contributed by atoms with Crippen LogP contribution in [-0.4, -0.2) is 43.7 Å². The van der Waals surface area contributed by atoms with Gasteiger partial charge in [0.15, 0.2) is 10.8 Å². The molecule has 1 aliphatic rings. The molecule has 33 heavy (non-hydrogen) atoms. The number of thiazole rings is 1. The van der Waals surface area contributed by atoms with Crippen molar-refractivity contribution in [1.82, 2.24) is 10.3 Å². The van der Waals surface area contributed by atoms with Crippen LogP contribution >= 0.6 is 11.3 Å². The second kappa shape index (κ2) is 10.3. The van der Waals surface area contributed by atoms with E-state index < -0.39 is 23.8 Å². The summed E-state index contributed by atoms with van der Waals surface area (Å²) in [5, 5.41) is 8.34. The number of anilines is 2. The molecule has 1 aromatic heterocycles. The van der Waals surface area contributed by atoms with Crippen molar-refractivity contribution in [1.29, 1.82) is 0 Å². The summed E-state index contributed by atoms with van der Waals surface area (Å²) in [4.78, 5) is 41.8. The van der Waals surface area contributed by atoms with Gasteiger partial charge in [-0.2, -0.15) is 0 Å². The van der Waals surface area contributed by atoms with Crippen LogP contribution in [0.25, 0.3) is 0 Å². The van der Waals surface area contributed by atoms with Crippen LogP contribution in [0.4, 0.5) is 10.8 Å². The lowest BCUT2D eigenvalue weighted by atomic mass is 9.79. The van der Waals surface area contributed by atoms with Gasteiger partial charge < -0.3 is 24.8 Å². The zero-order valence-electron chi connectivity index (χ0n) is 19.0. The van der Waals surface area contributed by atoms with Crippen molar-refractivity contribution in [3.8, 4) is 0 Å². The van der Waals surface area contributed by atoms with Crippen LogP contribution in [0.2, 0.25) is 0 Å². The SMILES string of the molecule is CCOC(=O)c1csc(Nc2ccccc2C2C(C(=O)OC)=C(C)NC(C)=C2C(=O)OC)n1. The van der Waals surface area contributed by atoms with E-state index in [0.717, 1.165) is 0 Å². The predicted octanol–water partition coefficient (Wildman–Crippen LogP) is 3.64. The number of aromatic nitrogens is 1. The van der Waals surface area contributed by atoms with E-state index in [1.165, 1.54) is 25.6 Å². The lowest BCUT2D eigenvalue weighted by molar-refractivity contribution is -0.137. The summed E-state index contributed by atoms with van der Waals surface area (Å²) in [5.41, 5.74) is 3.19. The van der Waals surface area contributed by atoms with E-state index in [1.807, 2.05) is 18.2 Å². The van der Waals surface area contributed by atoms with E-state index in [4.69, 9.17) is 14.2 Å². The smallest absolute Gasteiger partial charge is 0.357 e. The summed E-state index contributed by atoms with van der Waals surface area (Å²) >= 11 is 1.24. The van der Waals surface area contributed by atoms with E-state index >= 15 is 0 Å². The first-order valence-electron chi connectivity index (χ1n) is 10.2. The van der Waals surface area contributed by atoms with Gasteiger partial charge in [-0.05, 0) is 32.4 Å². The summed E-state index contributed by atoms with van der Waals surface area (Å²) in [5.74, 6) is -2.38. The monoisotopic (exact) mass is 471 g/mol. The molecule has 0 aliphatic carbocycles. The van der Waals surface area contributed by atoms with Crippen molar-refractivity contribution in [3.05, 3.63) is 63.4 Å². The molecule has 3 rings (SSSR count). The molecule has 0 radical (unpaired) electrons. The standard InChI is InChI=1S/C23H25N3O6S/c1-6-32-20(27)16-11-33-23(26-16)25-15-10-8-7-9-14(15)19-17(21(28)30-4)12(2)24-13(3)18(19)22(29)31-5/h7-11,19,24H,6H2,1-5H3,(H,25,26). The predicted molar refractivity (Wildman–Crippen MR) is 123 cm³/mol. The number of esters is 3. The molecular formula is C23H25N3O6S. The number of benzene rings is 1. The van der Waals surface area contributed by atoms with Gasteiger partial charge in [0.05, 0.1) is 37.9 Å². The van der Waals surface area contributed by atoms with Gasteiger partial charge in [0.2, 0.25) is 0 Å². The molecule has 1 aromatic carbocycles. The van der Waals surface area contributed by atoms with Crippen molar-refractivity contribution in [2.75, 3.05) is 26.1 Å². The molecule has 9 nitrogen and oxygen atoms in total. The maximum Gasteiger partial charge on any atom is 0.357 e. The van der Waals surface area contributed by atoms with E-state index in [-0.39, 0.29) is 12.3 Å². The number of hydrogen-bond donors (Lipinski definition) is 2. The molecule has 174 valence electrons. The minimum absolute atomic E-state index is 0.195. The highest BCUT2D eigenvalue weighted by atomic mass is 32.1. The average Bonchev–Trinajstić information content (AvgIpc) is 3.27. The quantitative estimate of drug-likeness (QED) is 0.461. The number of nitrogens with zero attached hydrogens (tertiary/aromatic N) is 1. The third kappa shape index (κ3) is 4.90. The number of carbonyl (C=O) groups is 3. The fourth-order valence-corrected chi connectivity index (χ4v) is 4.37. The Morgan fingerprint density at radius 1 is 1.03 bits per heavy atom. The molecule has 0 bridgehead atoms. The summed E-state index contributed by atoms with van der Waals surface area (Å²) < 4.78 is 15.0. The molecule has 2 heterocycles.